The van der Waals surface area contributed by atoms with E-state index in [4.69, 9.17) is 18.3 Å². The Hall–Kier alpha value is -0.723. The summed E-state index contributed by atoms with van der Waals surface area (Å²) in [6, 6.07) is 11.5. The molecule has 1 aliphatic heterocycles. The van der Waals surface area contributed by atoms with Gasteiger partial charge in [0.05, 0.1) is 13.2 Å². The minimum atomic E-state index is -2.42. The van der Waals surface area contributed by atoms with Gasteiger partial charge in [0.25, 0.3) is 0 Å². The van der Waals surface area contributed by atoms with Gasteiger partial charge in [-0.1, -0.05) is 57.0 Å². The minimum absolute atomic E-state index is 0.331. The summed E-state index contributed by atoms with van der Waals surface area (Å²) in [4.78, 5) is 0. The van der Waals surface area contributed by atoms with Crippen LogP contribution in [-0.2, 0) is 18.3 Å². The lowest BCUT2D eigenvalue weighted by Gasteiger charge is -2.31. The molecule has 0 N–H and O–H groups in total. The summed E-state index contributed by atoms with van der Waals surface area (Å²) in [6.07, 6.45) is 5.73. The largest absolute Gasteiger partial charge is 0.391 e. The maximum atomic E-state index is 6.48. The number of rotatable bonds is 15. The highest BCUT2D eigenvalue weighted by molar-refractivity contribution is 6.81. The molecule has 0 spiro atoms. The second-order valence-corrected chi connectivity index (χ2v) is 9.82. The zero-order chi connectivity index (χ0) is 17.8. The fraction of sp³-hybridized carbons (Fsp3) is 0.700. The van der Waals surface area contributed by atoms with Gasteiger partial charge in [-0.25, -0.2) is 0 Å². The third-order valence-electron chi connectivity index (χ3n) is 4.38. The Labute approximate surface area is 154 Å². The van der Waals surface area contributed by atoms with Crippen LogP contribution in [0.4, 0.5) is 0 Å². The van der Waals surface area contributed by atoms with Crippen molar-refractivity contribution < 1.29 is 18.3 Å². The Morgan fingerprint density at radius 2 is 1.60 bits per heavy atom. The zero-order valence-corrected chi connectivity index (χ0v) is 16.9. The highest BCUT2D eigenvalue weighted by atomic mass is 28.4. The summed E-state index contributed by atoms with van der Waals surface area (Å²) in [5, 5.41) is 1.24. The van der Waals surface area contributed by atoms with Crippen LogP contribution in [0.3, 0.4) is 0 Å². The number of epoxide rings is 1. The smallest absolute Gasteiger partial charge is 0.372 e. The van der Waals surface area contributed by atoms with E-state index in [1.807, 2.05) is 0 Å². The number of hydrogen-bond acceptors (Lipinski definition) is 4. The van der Waals surface area contributed by atoms with Gasteiger partial charge in [-0.15, -0.1) is 0 Å². The van der Waals surface area contributed by atoms with Gasteiger partial charge in [0.1, 0.15) is 6.10 Å². The van der Waals surface area contributed by atoms with Crippen LogP contribution >= 0.6 is 0 Å². The highest BCUT2D eigenvalue weighted by Crippen LogP contribution is 2.19. The van der Waals surface area contributed by atoms with Crippen molar-refractivity contribution in [1.29, 1.82) is 0 Å². The molecule has 0 aliphatic carbocycles. The Balaban J connectivity index is 1.98. The SMILES string of the molecule is CCCCO[Si](CCCOCC1CO1)(OCCCC)c1ccccc1. The van der Waals surface area contributed by atoms with E-state index in [0.29, 0.717) is 12.7 Å². The van der Waals surface area contributed by atoms with Crippen molar-refractivity contribution in [2.45, 2.75) is 58.1 Å². The van der Waals surface area contributed by atoms with Gasteiger partial charge >= 0.3 is 8.56 Å². The van der Waals surface area contributed by atoms with Crippen LogP contribution in [-0.4, -0.2) is 47.7 Å². The normalized spacial score (nSPS) is 17.0. The lowest BCUT2D eigenvalue weighted by molar-refractivity contribution is 0.112. The fourth-order valence-electron chi connectivity index (χ4n) is 2.74. The fourth-order valence-corrected chi connectivity index (χ4v) is 5.99. The number of ether oxygens (including phenoxy) is 2. The highest BCUT2D eigenvalue weighted by Gasteiger charge is 2.39. The molecule has 1 aromatic carbocycles. The third kappa shape index (κ3) is 7.58. The molecule has 0 amide bonds. The van der Waals surface area contributed by atoms with Crippen molar-refractivity contribution in [3.05, 3.63) is 30.3 Å². The predicted molar refractivity (Wildman–Crippen MR) is 104 cm³/mol. The van der Waals surface area contributed by atoms with Crippen LogP contribution in [0.15, 0.2) is 30.3 Å². The van der Waals surface area contributed by atoms with Gasteiger partial charge in [-0.05, 0) is 30.5 Å². The van der Waals surface area contributed by atoms with Crippen molar-refractivity contribution in [3.8, 4) is 0 Å². The van der Waals surface area contributed by atoms with Crippen LogP contribution in [0.2, 0.25) is 6.04 Å². The molecule has 5 heteroatoms. The van der Waals surface area contributed by atoms with Gasteiger partial charge in [0, 0.05) is 19.8 Å². The first-order valence-electron chi connectivity index (χ1n) is 9.83. The Bertz CT molecular complexity index is 440. The van der Waals surface area contributed by atoms with Crippen LogP contribution in [0, 0.1) is 0 Å². The van der Waals surface area contributed by atoms with E-state index in [0.717, 1.165) is 64.6 Å². The van der Waals surface area contributed by atoms with Crippen LogP contribution in [0.25, 0.3) is 0 Å². The van der Waals surface area contributed by atoms with E-state index < -0.39 is 8.56 Å². The molecule has 1 heterocycles. The van der Waals surface area contributed by atoms with E-state index in [1.54, 1.807) is 0 Å². The summed E-state index contributed by atoms with van der Waals surface area (Å²) in [5.74, 6) is 0. The minimum Gasteiger partial charge on any atom is -0.391 e. The van der Waals surface area contributed by atoms with Crippen molar-refractivity contribution >= 4 is 13.7 Å². The van der Waals surface area contributed by atoms with Crippen molar-refractivity contribution in [1.82, 2.24) is 0 Å². The van der Waals surface area contributed by atoms with E-state index in [9.17, 15) is 0 Å². The van der Waals surface area contributed by atoms with E-state index in [-0.39, 0.29) is 0 Å². The maximum absolute atomic E-state index is 6.48. The monoisotopic (exact) mass is 366 g/mol. The molecule has 0 radical (unpaired) electrons. The zero-order valence-electron chi connectivity index (χ0n) is 15.9. The Morgan fingerprint density at radius 3 is 2.16 bits per heavy atom. The number of unbranched alkanes of at least 4 members (excludes halogenated alkanes) is 2. The molecular weight excluding hydrogens is 332 g/mol. The summed E-state index contributed by atoms with van der Waals surface area (Å²) in [5.41, 5.74) is 0. The van der Waals surface area contributed by atoms with Gasteiger partial charge in [-0.3, -0.25) is 0 Å². The lowest BCUT2D eigenvalue weighted by Crippen LogP contribution is -2.54. The Morgan fingerprint density at radius 1 is 0.960 bits per heavy atom. The molecule has 0 aromatic heterocycles. The summed E-state index contributed by atoms with van der Waals surface area (Å²) in [6.45, 7) is 8.26. The second kappa shape index (κ2) is 11.8. The molecule has 1 unspecified atom stereocenters. The molecular formula is C20H34O4Si. The third-order valence-corrected chi connectivity index (χ3v) is 7.95. The van der Waals surface area contributed by atoms with Gasteiger partial charge in [0.15, 0.2) is 0 Å². The first-order valence-corrected chi connectivity index (χ1v) is 11.9. The van der Waals surface area contributed by atoms with Crippen LogP contribution in [0.5, 0.6) is 0 Å². The molecule has 0 bridgehead atoms. The van der Waals surface area contributed by atoms with Gasteiger partial charge < -0.3 is 18.3 Å². The van der Waals surface area contributed by atoms with Crippen molar-refractivity contribution in [2.75, 3.05) is 33.0 Å². The molecule has 142 valence electrons. The molecule has 1 saturated heterocycles. The predicted octanol–water partition coefficient (Wildman–Crippen LogP) is 3.77. The first kappa shape index (κ1) is 20.6. The molecule has 1 atom stereocenters. The number of hydrogen-bond donors (Lipinski definition) is 0. The van der Waals surface area contributed by atoms with Gasteiger partial charge in [0.2, 0.25) is 0 Å². The topological polar surface area (TPSA) is 40.2 Å². The molecule has 2 rings (SSSR count). The van der Waals surface area contributed by atoms with E-state index in [1.165, 1.54) is 5.19 Å². The van der Waals surface area contributed by atoms with Gasteiger partial charge in [-0.2, -0.15) is 0 Å². The van der Waals surface area contributed by atoms with E-state index >= 15 is 0 Å². The second-order valence-electron chi connectivity index (χ2n) is 6.66. The Kier molecular flexibility index (Phi) is 9.72. The standard InChI is InChI=1S/C20H34O4Si/c1-3-5-14-23-25(24-15-6-4-2,20-11-8-7-9-12-20)16-10-13-21-17-19-18-22-19/h7-9,11-12,19H,3-6,10,13-18H2,1-2H3. The molecule has 25 heavy (non-hydrogen) atoms. The molecule has 1 aromatic rings. The maximum Gasteiger partial charge on any atom is 0.372 e. The van der Waals surface area contributed by atoms with E-state index in [2.05, 4.69) is 44.2 Å². The molecule has 1 fully saturated rings. The average Bonchev–Trinajstić information content (AvgIpc) is 3.46. The number of benzene rings is 1. The molecule has 1 aliphatic rings. The van der Waals surface area contributed by atoms with Crippen molar-refractivity contribution in [2.24, 2.45) is 0 Å². The quantitative estimate of drug-likeness (QED) is 0.269. The average molecular weight is 367 g/mol. The summed E-state index contributed by atoms with van der Waals surface area (Å²) < 4.78 is 23.9. The summed E-state index contributed by atoms with van der Waals surface area (Å²) >= 11 is 0. The molecule has 0 saturated carbocycles. The first-order chi connectivity index (χ1) is 12.3. The molecule has 4 nitrogen and oxygen atoms in total. The lowest BCUT2D eigenvalue weighted by atomic mass is 10.4. The van der Waals surface area contributed by atoms with Crippen molar-refractivity contribution in [3.63, 3.8) is 0 Å². The van der Waals surface area contributed by atoms with Crippen LogP contribution < -0.4 is 5.19 Å². The summed E-state index contributed by atoms with van der Waals surface area (Å²) in [7, 11) is -2.42. The van der Waals surface area contributed by atoms with Crippen LogP contribution in [0.1, 0.15) is 46.0 Å².